The van der Waals surface area contributed by atoms with E-state index >= 15 is 0 Å². The molecule has 26 heavy (non-hydrogen) atoms. The van der Waals surface area contributed by atoms with Gasteiger partial charge in [0.1, 0.15) is 11.6 Å². The Labute approximate surface area is 153 Å². The van der Waals surface area contributed by atoms with Crippen LogP contribution in [0.2, 0.25) is 0 Å². The Morgan fingerprint density at radius 1 is 1.19 bits per heavy atom. The molecule has 1 aliphatic rings. The van der Waals surface area contributed by atoms with Gasteiger partial charge in [0, 0.05) is 12.2 Å². The minimum atomic E-state index is -0.621. The summed E-state index contributed by atoms with van der Waals surface area (Å²) in [5, 5.41) is 2.78. The number of methoxy groups -OCH3 is 1. The molecule has 7 nitrogen and oxygen atoms in total. The summed E-state index contributed by atoms with van der Waals surface area (Å²) < 4.78 is 10.1. The van der Waals surface area contributed by atoms with Crippen LogP contribution in [0.5, 0.6) is 0 Å². The highest BCUT2D eigenvalue weighted by Gasteiger charge is 2.34. The van der Waals surface area contributed by atoms with Gasteiger partial charge >= 0.3 is 12.1 Å². The van der Waals surface area contributed by atoms with Crippen LogP contribution in [0.3, 0.4) is 0 Å². The maximum absolute atomic E-state index is 12.7. The van der Waals surface area contributed by atoms with Gasteiger partial charge in [0.15, 0.2) is 0 Å². The van der Waals surface area contributed by atoms with Crippen molar-refractivity contribution in [2.24, 2.45) is 0 Å². The van der Waals surface area contributed by atoms with Gasteiger partial charge in [0.2, 0.25) is 5.91 Å². The molecule has 0 spiro atoms. The number of carbonyl (C=O) groups excluding carboxylic acids is 3. The van der Waals surface area contributed by atoms with Crippen LogP contribution >= 0.6 is 0 Å². The Morgan fingerprint density at radius 2 is 1.92 bits per heavy atom. The first-order chi connectivity index (χ1) is 12.2. The Morgan fingerprint density at radius 3 is 2.58 bits per heavy atom. The van der Waals surface area contributed by atoms with Gasteiger partial charge in [-0.1, -0.05) is 6.07 Å². The highest BCUT2D eigenvalue weighted by atomic mass is 16.6. The van der Waals surface area contributed by atoms with Gasteiger partial charge in [-0.2, -0.15) is 0 Å². The van der Waals surface area contributed by atoms with E-state index < -0.39 is 23.7 Å². The third kappa shape index (κ3) is 5.21. The normalized spacial score (nSPS) is 17.4. The number of ether oxygens (including phenoxy) is 2. The summed E-state index contributed by atoms with van der Waals surface area (Å²) in [6, 6.07) is 5.90. The van der Waals surface area contributed by atoms with Crippen molar-refractivity contribution in [3.8, 4) is 0 Å². The molecule has 0 saturated carbocycles. The fourth-order valence-corrected chi connectivity index (χ4v) is 2.81. The summed E-state index contributed by atoms with van der Waals surface area (Å²) in [5.41, 5.74) is 0.204. The lowest BCUT2D eigenvalue weighted by Crippen LogP contribution is -2.51. The molecule has 1 saturated heterocycles. The minimum absolute atomic E-state index is 0.294. The Hall–Kier alpha value is -2.57. The number of piperidine rings is 1. The lowest BCUT2D eigenvalue weighted by atomic mass is 10.0. The molecule has 0 aliphatic carbocycles. The number of anilines is 1. The first-order valence-corrected chi connectivity index (χ1v) is 8.70. The summed E-state index contributed by atoms with van der Waals surface area (Å²) in [5.74, 6) is -0.772. The third-order valence-corrected chi connectivity index (χ3v) is 3.98. The van der Waals surface area contributed by atoms with Crippen molar-refractivity contribution in [1.29, 1.82) is 0 Å². The summed E-state index contributed by atoms with van der Waals surface area (Å²) in [7, 11) is 1.30. The van der Waals surface area contributed by atoms with Crippen molar-refractivity contribution >= 4 is 23.7 Å². The van der Waals surface area contributed by atoms with Crippen molar-refractivity contribution in [2.45, 2.75) is 51.7 Å². The molecule has 1 aromatic rings. The van der Waals surface area contributed by atoms with E-state index in [-0.39, 0.29) is 5.91 Å². The SMILES string of the molecule is COC(=O)c1cccc(NC(=O)C2CCCCN2C(=O)OC(C)(C)C)c1. The zero-order valence-corrected chi connectivity index (χ0v) is 15.7. The van der Waals surface area contributed by atoms with Gasteiger partial charge in [0.25, 0.3) is 0 Å². The van der Waals surface area contributed by atoms with E-state index in [0.717, 1.165) is 12.8 Å². The third-order valence-electron chi connectivity index (χ3n) is 3.98. The fraction of sp³-hybridized carbons (Fsp3) is 0.526. The van der Waals surface area contributed by atoms with Gasteiger partial charge < -0.3 is 14.8 Å². The van der Waals surface area contributed by atoms with E-state index in [0.29, 0.717) is 24.2 Å². The molecule has 2 amide bonds. The maximum atomic E-state index is 12.7. The number of likely N-dealkylation sites (tertiary alicyclic amines) is 1. The molecular formula is C19H26N2O5. The second-order valence-electron chi connectivity index (χ2n) is 7.25. The highest BCUT2D eigenvalue weighted by molar-refractivity contribution is 5.98. The zero-order chi connectivity index (χ0) is 19.3. The standard InChI is InChI=1S/C19H26N2O5/c1-19(2,3)26-18(24)21-11-6-5-10-15(21)16(22)20-14-9-7-8-13(12-14)17(23)25-4/h7-9,12,15H,5-6,10-11H2,1-4H3,(H,20,22). The number of amides is 2. The number of carbonyl (C=O) groups is 3. The molecule has 0 aromatic heterocycles. The van der Waals surface area contributed by atoms with E-state index in [1.807, 2.05) is 0 Å². The van der Waals surface area contributed by atoms with Crippen molar-refractivity contribution < 1.29 is 23.9 Å². The number of hydrogen-bond donors (Lipinski definition) is 1. The Kier molecular flexibility index (Phi) is 6.23. The summed E-state index contributed by atoms with van der Waals surface area (Å²) >= 11 is 0. The lowest BCUT2D eigenvalue weighted by molar-refractivity contribution is -0.122. The van der Waals surface area contributed by atoms with E-state index in [9.17, 15) is 14.4 Å². The van der Waals surface area contributed by atoms with Crippen LogP contribution < -0.4 is 5.32 Å². The van der Waals surface area contributed by atoms with Gasteiger partial charge in [-0.15, -0.1) is 0 Å². The molecule has 1 fully saturated rings. The fourth-order valence-electron chi connectivity index (χ4n) is 2.81. The molecule has 2 rings (SSSR count). The average Bonchev–Trinajstić information content (AvgIpc) is 2.59. The summed E-state index contributed by atoms with van der Waals surface area (Å²) in [6.45, 7) is 5.86. The molecule has 1 N–H and O–H groups in total. The molecule has 7 heteroatoms. The van der Waals surface area contributed by atoms with E-state index in [2.05, 4.69) is 10.1 Å². The minimum Gasteiger partial charge on any atom is -0.465 e. The molecule has 0 radical (unpaired) electrons. The number of hydrogen-bond acceptors (Lipinski definition) is 5. The Balaban J connectivity index is 2.11. The van der Waals surface area contributed by atoms with Crippen molar-refractivity contribution in [3.63, 3.8) is 0 Å². The molecule has 1 unspecified atom stereocenters. The second-order valence-corrected chi connectivity index (χ2v) is 7.25. The Bertz CT molecular complexity index is 681. The van der Waals surface area contributed by atoms with E-state index in [1.165, 1.54) is 12.0 Å². The highest BCUT2D eigenvalue weighted by Crippen LogP contribution is 2.22. The molecule has 1 aromatic carbocycles. The first kappa shape index (κ1) is 19.8. The molecule has 1 heterocycles. The summed E-state index contributed by atoms with van der Waals surface area (Å²) in [6.07, 6.45) is 1.78. The molecule has 0 bridgehead atoms. The summed E-state index contributed by atoms with van der Waals surface area (Å²) in [4.78, 5) is 38.3. The molecule has 1 aliphatic heterocycles. The van der Waals surface area contributed by atoms with Gasteiger partial charge in [-0.3, -0.25) is 9.69 Å². The van der Waals surface area contributed by atoms with Crippen LogP contribution in [0.25, 0.3) is 0 Å². The number of benzene rings is 1. The van der Waals surface area contributed by atoms with Gasteiger partial charge in [-0.25, -0.2) is 9.59 Å². The number of esters is 1. The van der Waals surface area contributed by atoms with E-state index in [1.54, 1.807) is 45.0 Å². The predicted molar refractivity (Wildman–Crippen MR) is 97.0 cm³/mol. The van der Waals surface area contributed by atoms with E-state index in [4.69, 9.17) is 4.74 Å². The quantitative estimate of drug-likeness (QED) is 0.835. The van der Waals surface area contributed by atoms with Crippen molar-refractivity contribution in [2.75, 3.05) is 19.0 Å². The predicted octanol–water partition coefficient (Wildman–Crippen LogP) is 3.20. The number of rotatable bonds is 3. The van der Waals surface area contributed by atoms with Crippen LogP contribution in [-0.4, -0.2) is 48.2 Å². The maximum Gasteiger partial charge on any atom is 0.410 e. The lowest BCUT2D eigenvalue weighted by Gasteiger charge is -2.35. The van der Waals surface area contributed by atoms with Gasteiger partial charge in [0.05, 0.1) is 12.7 Å². The number of nitrogens with one attached hydrogen (secondary N) is 1. The monoisotopic (exact) mass is 362 g/mol. The van der Waals surface area contributed by atoms with Crippen LogP contribution in [0.1, 0.15) is 50.4 Å². The van der Waals surface area contributed by atoms with Crippen LogP contribution in [-0.2, 0) is 14.3 Å². The largest absolute Gasteiger partial charge is 0.465 e. The van der Waals surface area contributed by atoms with Crippen LogP contribution in [0, 0.1) is 0 Å². The second kappa shape index (κ2) is 8.21. The number of nitrogens with zero attached hydrogens (tertiary/aromatic N) is 1. The topological polar surface area (TPSA) is 84.9 Å². The van der Waals surface area contributed by atoms with Crippen LogP contribution in [0.15, 0.2) is 24.3 Å². The van der Waals surface area contributed by atoms with Crippen LogP contribution in [0.4, 0.5) is 10.5 Å². The average molecular weight is 362 g/mol. The molecular weight excluding hydrogens is 336 g/mol. The molecule has 1 atom stereocenters. The first-order valence-electron chi connectivity index (χ1n) is 8.70. The van der Waals surface area contributed by atoms with Crippen molar-refractivity contribution in [1.82, 2.24) is 4.90 Å². The van der Waals surface area contributed by atoms with Crippen molar-refractivity contribution in [3.05, 3.63) is 29.8 Å². The smallest absolute Gasteiger partial charge is 0.410 e. The zero-order valence-electron chi connectivity index (χ0n) is 15.7. The molecule has 142 valence electrons. The van der Waals surface area contributed by atoms with Gasteiger partial charge in [-0.05, 0) is 58.2 Å².